The predicted octanol–water partition coefficient (Wildman–Crippen LogP) is -5.68. The molecule has 0 heterocycles. The Morgan fingerprint density at radius 3 is 1.35 bits per heavy atom. The highest BCUT2D eigenvalue weighted by Crippen LogP contribution is 2.13. The molecule has 0 fully saturated rings. The molecule has 0 spiro atoms. The summed E-state index contributed by atoms with van der Waals surface area (Å²) in [6.07, 6.45) is 2.63. The molecule has 0 saturated carbocycles. The summed E-state index contributed by atoms with van der Waals surface area (Å²) in [5, 5.41) is 72.1. The van der Waals surface area contributed by atoms with Gasteiger partial charge in [-0.25, -0.2) is 4.79 Å². The Hall–Kier alpha value is -7.21. The van der Waals surface area contributed by atoms with E-state index in [0.29, 0.717) is 50.8 Å². The van der Waals surface area contributed by atoms with Crippen LogP contribution in [-0.2, 0) is 54.4 Å². The van der Waals surface area contributed by atoms with E-state index in [1.54, 1.807) is 13.8 Å². The molecular formula is C48H83N15O14. The maximum Gasteiger partial charge on any atom is 0.326 e. The van der Waals surface area contributed by atoms with Gasteiger partial charge in [-0.05, 0) is 114 Å². The van der Waals surface area contributed by atoms with Crippen LogP contribution in [0.5, 0.6) is 5.75 Å². The monoisotopic (exact) mass is 1090 g/mol. The normalized spacial score (nSPS) is 14.1. The van der Waals surface area contributed by atoms with Crippen LogP contribution in [0, 0.1) is 11.3 Å². The van der Waals surface area contributed by atoms with Crippen molar-refractivity contribution in [1.29, 1.82) is 5.41 Å². The van der Waals surface area contributed by atoms with E-state index < -0.39 is 133 Å². The van der Waals surface area contributed by atoms with Gasteiger partial charge in [0.2, 0.25) is 53.2 Å². The molecule has 0 aliphatic heterocycles. The first kappa shape index (κ1) is 67.8. The number of nitrogens with two attached hydrogens (primary N) is 4. The van der Waals surface area contributed by atoms with Gasteiger partial charge in [-0.3, -0.25) is 48.6 Å². The van der Waals surface area contributed by atoms with Crippen molar-refractivity contribution < 1.29 is 68.4 Å². The molecule has 9 amide bonds. The number of phenolic OH excluding ortho intramolecular Hbond substituents is 1. The van der Waals surface area contributed by atoms with Crippen LogP contribution in [-0.4, -0.2) is 180 Å². The lowest BCUT2D eigenvalue weighted by atomic mass is 10.0. The summed E-state index contributed by atoms with van der Waals surface area (Å²) in [6.45, 7) is 2.62. The first-order chi connectivity index (χ1) is 36.5. The van der Waals surface area contributed by atoms with Gasteiger partial charge in [0.25, 0.3) is 0 Å². The van der Waals surface area contributed by atoms with E-state index in [2.05, 4.69) is 53.2 Å². The van der Waals surface area contributed by atoms with Crippen molar-refractivity contribution in [3.8, 4) is 5.75 Å². The Labute approximate surface area is 447 Å². The maximum absolute atomic E-state index is 14.1. The first-order valence-corrected chi connectivity index (χ1v) is 25.6. The highest BCUT2D eigenvalue weighted by Gasteiger charge is 2.35. The summed E-state index contributed by atoms with van der Waals surface area (Å²) in [4.78, 5) is 132. The van der Waals surface area contributed by atoms with Crippen LogP contribution in [0.3, 0.4) is 0 Å². The molecule has 77 heavy (non-hydrogen) atoms. The number of nitrogens with one attached hydrogen (secondary N) is 11. The van der Waals surface area contributed by atoms with Crippen molar-refractivity contribution in [3.63, 3.8) is 0 Å². The van der Waals surface area contributed by atoms with Crippen LogP contribution < -0.4 is 76.1 Å². The second-order valence-corrected chi connectivity index (χ2v) is 18.5. The minimum atomic E-state index is -1.78. The van der Waals surface area contributed by atoms with Crippen LogP contribution in [0.15, 0.2) is 24.3 Å². The predicted molar refractivity (Wildman–Crippen MR) is 280 cm³/mol. The molecule has 0 unspecified atom stereocenters. The highest BCUT2D eigenvalue weighted by molar-refractivity contribution is 5.98. The van der Waals surface area contributed by atoms with Gasteiger partial charge < -0.3 is 96.5 Å². The highest BCUT2D eigenvalue weighted by atomic mass is 16.4. The van der Waals surface area contributed by atoms with E-state index in [1.807, 2.05) is 0 Å². The number of carboxylic acid groups (broad SMARTS) is 1. The van der Waals surface area contributed by atoms with E-state index in [0.717, 1.165) is 0 Å². The lowest BCUT2D eigenvalue weighted by molar-refractivity contribution is -0.142. The van der Waals surface area contributed by atoms with E-state index in [1.165, 1.54) is 31.2 Å². The molecule has 0 radical (unpaired) electrons. The molecule has 0 bridgehead atoms. The third kappa shape index (κ3) is 27.4. The number of phenols is 1. The third-order valence-electron chi connectivity index (χ3n) is 11.7. The third-order valence-corrected chi connectivity index (χ3v) is 11.7. The number of carbonyl (C=O) groups is 10. The minimum Gasteiger partial charge on any atom is -0.508 e. The van der Waals surface area contributed by atoms with Crippen LogP contribution in [0.1, 0.15) is 97.0 Å². The number of aliphatic hydroxyl groups excluding tert-OH is 2. The van der Waals surface area contributed by atoms with E-state index in [-0.39, 0.29) is 69.7 Å². The average molecular weight is 1090 g/mol. The molecule has 29 nitrogen and oxygen atoms in total. The van der Waals surface area contributed by atoms with Gasteiger partial charge in [0.15, 0.2) is 5.96 Å². The van der Waals surface area contributed by atoms with Gasteiger partial charge in [0.1, 0.15) is 54.1 Å². The molecular weight excluding hydrogens is 1010 g/mol. The van der Waals surface area contributed by atoms with E-state index in [4.69, 9.17) is 28.3 Å². The Morgan fingerprint density at radius 2 is 0.922 bits per heavy atom. The summed E-state index contributed by atoms with van der Waals surface area (Å²) >= 11 is 0. The molecule has 1 aromatic rings. The van der Waals surface area contributed by atoms with E-state index >= 15 is 0 Å². The molecule has 0 aliphatic rings. The number of rotatable bonds is 39. The van der Waals surface area contributed by atoms with Gasteiger partial charge in [0.05, 0.1) is 19.8 Å². The molecule has 0 saturated heterocycles. The fourth-order valence-electron chi connectivity index (χ4n) is 7.46. The van der Waals surface area contributed by atoms with Crippen LogP contribution >= 0.6 is 0 Å². The largest absolute Gasteiger partial charge is 0.508 e. The van der Waals surface area contributed by atoms with Crippen molar-refractivity contribution >= 4 is 65.1 Å². The molecule has 434 valence electrons. The molecule has 8 atom stereocenters. The number of guanidine groups is 1. The van der Waals surface area contributed by atoms with Crippen molar-refractivity contribution in [2.24, 2.45) is 28.9 Å². The van der Waals surface area contributed by atoms with Gasteiger partial charge in [-0.1, -0.05) is 26.0 Å². The number of hydrogen-bond donors (Lipinski definition) is 19. The Morgan fingerprint density at radius 1 is 0.519 bits per heavy atom. The number of hydrogen-bond acceptors (Lipinski definition) is 17. The Balaban J connectivity index is 3.37. The topological polar surface area (TPSA) is 500 Å². The molecule has 1 aromatic carbocycles. The number of aliphatic carboxylic acids is 1. The Kier molecular flexibility index (Phi) is 33.0. The lowest BCUT2D eigenvalue weighted by Gasteiger charge is -2.28. The maximum atomic E-state index is 14.1. The molecule has 0 aliphatic carbocycles. The van der Waals surface area contributed by atoms with Crippen molar-refractivity contribution in [2.75, 3.05) is 45.9 Å². The molecule has 0 aromatic heterocycles. The number of unbranched alkanes of at least 4 members (excludes halogenated alkanes) is 3. The SMILES string of the molecule is CC(=O)N[C@@H](CCCCN)C(=O)N[C@@H](CCCNC(=N)N)C(=O)N[C@@H](Cc1ccc(O)cc1)C(=O)N[C@@H](CO)C(=O)N[C@@H](CCCCN)C(=O)N[C@@H](CO)C(=O)N[C@H](C(=O)NCC(=O)N[C@@H](CCCCN)C(=O)O)C(C)C. The summed E-state index contributed by atoms with van der Waals surface area (Å²) in [5.74, 6) is -10.3. The first-order valence-electron chi connectivity index (χ1n) is 25.6. The number of aromatic hydroxyl groups is 1. The smallest absolute Gasteiger partial charge is 0.326 e. The number of carbonyl (C=O) groups excluding carboxylic acids is 9. The van der Waals surface area contributed by atoms with Crippen LogP contribution in [0.25, 0.3) is 0 Å². The van der Waals surface area contributed by atoms with Crippen molar-refractivity contribution in [3.05, 3.63) is 29.8 Å². The van der Waals surface area contributed by atoms with Crippen LogP contribution in [0.4, 0.5) is 0 Å². The van der Waals surface area contributed by atoms with Gasteiger partial charge in [0, 0.05) is 19.9 Å². The summed E-state index contributed by atoms with van der Waals surface area (Å²) in [5.41, 5.74) is 22.6. The fourth-order valence-corrected chi connectivity index (χ4v) is 7.46. The summed E-state index contributed by atoms with van der Waals surface area (Å²) in [7, 11) is 0. The van der Waals surface area contributed by atoms with Gasteiger partial charge in [-0.15, -0.1) is 0 Å². The zero-order valence-electron chi connectivity index (χ0n) is 44.1. The zero-order chi connectivity index (χ0) is 58.0. The quantitative estimate of drug-likeness (QED) is 0.0166. The second-order valence-electron chi connectivity index (χ2n) is 18.5. The van der Waals surface area contributed by atoms with Crippen molar-refractivity contribution in [2.45, 2.75) is 146 Å². The van der Waals surface area contributed by atoms with Crippen molar-refractivity contribution in [1.82, 2.24) is 53.2 Å². The summed E-state index contributed by atoms with van der Waals surface area (Å²) < 4.78 is 0. The van der Waals surface area contributed by atoms with Gasteiger partial charge >= 0.3 is 5.97 Å². The number of aliphatic hydroxyl groups is 2. The zero-order valence-corrected chi connectivity index (χ0v) is 44.1. The number of amides is 9. The molecule has 23 N–H and O–H groups in total. The lowest BCUT2D eigenvalue weighted by Crippen LogP contribution is -2.61. The number of carboxylic acids is 1. The van der Waals surface area contributed by atoms with Gasteiger partial charge in [-0.2, -0.15) is 0 Å². The average Bonchev–Trinajstić information content (AvgIpc) is 3.37. The Bertz CT molecular complexity index is 2080. The standard InChI is InChI=1S/C48H83N15O14/c1-27(2)39(46(75)55-24-38(68)57-34(47(76)77)13-6-9-21-51)63-45(74)37(26-65)61-42(71)32(12-5-8-20-50)59-44(73)36(25-64)62-43(72)35(23-29-15-17-30(67)18-16-29)60-41(70)33(14-10-22-54-48(52)53)58-40(69)31(56-28(3)66)11-4-7-19-49/h15-18,27,31-37,39,64-65,67H,4-14,19-26,49-51H2,1-3H3,(H,55,75)(H,56,66)(H,57,68)(H,58,69)(H,59,73)(H,60,70)(H,61,71)(H,62,72)(H,63,74)(H,76,77)(H4,52,53,54)/t31-,32-,33-,34-,35-,36-,37-,39-/m0/s1. The fraction of sp³-hybridized carbons (Fsp3) is 0.646. The van der Waals surface area contributed by atoms with Crippen LogP contribution in [0.2, 0.25) is 0 Å². The second kappa shape index (κ2) is 37.5. The van der Waals surface area contributed by atoms with E-state index in [9.17, 15) is 68.4 Å². The number of benzene rings is 1. The molecule has 1 rings (SSSR count). The molecule has 29 heteroatoms. The minimum absolute atomic E-state index is 0.0581. The summed E-state index contributed by atoms with van der Waals surface area (Å²) in [6, 6.07) is -5.86.